The fraction of sp³-hybridized carbons (Fsp3) is 0.357. The van der Waals surface area contributed by atoms with Crippen molar-refractivity contribution in [3.63, 3.8) is 0 Å². The Labute approximate surface area is 125 Å². The number of rotatable bonds is 6. The molecule has 2 heterocycles. The average Bonchev–Trinajstić information content (AvgIpc) is 2.95. The number of amides is 1. The van der Waals surface area contributed by atoms with E-state index in [0.717, 1.165) is 0 Å². The van der Waals surface area contributed by atoms with Gasteiger partial charge in [-0.05, 0) is 6.07 Å². The molecule has 6 nitrogen and oxygen atoms in total. The van der Waals surface area contributed by atoms with Crippen LogP contribution in [-0.4, -0.2) is 29.1 Å². The Hall–Kier alpha value is -2.51. The van der Waals surface area contributed by atoms with Crippen molar-refractivity contribution in [1.82, 2.24) is 10.1 Å². The molecule has 2 aromatic heterocycles. The van der Waals surface area contributed by atoms with Crippen molar-refractivity contribution < 1.29 is 22.8 Å². The number of anilines is 1. The summed E-state index contributed by atoms with van der Waals surface area (Å²) in [4.78, 5) is 15.9. The number of nitrogens with one attached hydrogen (secondary N) is 1. The van der Waals surface area contributed by atoms with Gasteiger partial charge in [0.15, 0.2) is 12.3 Å². The van der Waals surface area contributed by atoms with Crippen LogP contribution in [-0.2, 0) is 0 Å². The van der Waals surface area contributed by atoms with Crippen LogP contribution in [0.3, 0.4) is 0 Å². The maximum absolute atomic E-state index is 12.1. The van der Waals surface area contributed by atoms with Crippen molar-refractivity contribution in [1.29, 1.82) is 0 Å². The largest absolute Gasteiger partial charge is 0.472 e. The van der Waals surface area contributed by atoms with Gasteiger partial charge in [-0.15, -0.1) is 0 Å². The highest BCUT2D eigenvalue weighted by atomic mass is 19.3. The molecule has 0 aliphatic carbocycles. The molecule has 118 valence electrons. The van der Waals surface area contributed by atoms with Gasteiger partial charge >= 0.3 is 0 Å². The first-order valence-electron chi connectivity index (χ1n) is 6.61. The molecule has 8 heteroatoms. The van der Waals surface area contributed by atoms with Gasteiger partial charge < -0.3 is 14.6 Å². The molecule has 1 N–H and O–H groups in total. The molecule has 0 fully saturated rings. The van der Waals surface area contributed by atoms with Crippen molar-refractivity contribution in [2.45, 2.75) is 26.2 Å². The lowest BCUT2D eigenvalue weighted by Gasteiger charge is -2.06. The Kier molecular flexibility index (Phi) is 5.03. The third-order valence-electron chi connectivity index (χ3n) is 2.65. The fourth-order valence-electron chi connectivity index (χ4n) is 1.56. The van der Waals surface area contributed by atoms with Crippen molar-refractivity contribution in [2.24, 2.45) is 0 Å². The van der Waals surface area contributed by atoms with Gasteiger partial charge in [0, 0.05) is 18.1 Å². The molecule has 0 aliphatic rings. The van der Waals surface area contributed by atoms with E-state index >= 15 is 0 Å². The maximum Gasteiger partial charge on any atom is 0.279 e. The summed E-state index contributed by atoms with van der Waals surface area (Å²) >= 11 is 0. The molecule has 0 aromatic carbocycles. The highest BCUT2D eigenvalue weighted by Gasteiger charge is 2.15. The van der Waals surface area contributed by atoms with Crippen molar-refractivity contribution in [3.8, 4) is 5.88 Å². The second kappa shape index (κ2) is 6.97. The van der Waals surface area contributed by atoms with Crippen LogP contribution in [0.15, 0.2) is 28.8 Å². The topological polar surface area (TPSA) is 77.2 Å². The van der Waals surface area contributed by atoms with Gasteiger partial charge in [0.2, 0.25) is 5.88 Å². The molecule has 0 aliphatic heterocycles. The second-order valence-corrected chi connectivity index (χ2v) is 4.79. The van der Waals surface area contributed by atoms with Gasteiger partial charge in [-0.3, -0.25) is 4.79 Å². The minimum absolute atomic E-state index is 0.00104. The number of carbonyl (C=O) groups excluding carboxylic acids is 1. The zero-order chi connectivity index (χ0) is 16.1. The van der Waals surface area contributed by atoms with Gasteiger partial charge in [0.25, 0.3) is 12.3 Å². The van der Waals surface area contributed by atoms with E-state index in [1.165, 1.54) is 24.3 Å². The minimum Gasteiger partial charge on any atom is -0.472 e. The van der Waals surface area contributed by atoms with Gasteiger partial charge in [-0.25, -0.2) is 8.78 Å². The van der Waals surface area contributed by atoms with Crippen LogP contribution in [0.4, 0.5) is 14.6 Å². The summed E-state index contributed by atoms with van der Waals surface area (Å²) in [5, 5.41) is 6.17. The predicted molar refractivity (Wildman–Crippen MR) is 74.3 cm³/mol. The van der Waals surface area contributed by atoms with Gasteiger partial charge in [-0.1, -0.05) is 25.1 Å². The van der Waals surface area contributed by atoms with E-state index in [9.17, 15) is 13.6 Å². The van der Waals surface area contributed by atoms with Crippen LogP contribution in [0.5, 0.6) is 5.88 Å². The quantitative estimate of drug-likeness (QED) is 0.887. The summed E-state index contributed by atoms with van der Waals surface area (Å²) in [5.74, 6) is 0.367. The van der Waals surface area contributed by atoms with E-state index in [4.69, 9.17) is 9.26 Å². The van der Waals surface area contributed by atoms with Gasteiger partial charge in [-0.2, -0.15) is 4.98 Å². The number of ether oxygens (including phenoxy) is 1. The highest BCUT2D eigenvalue weighted by Crippen LogP contribution is 2.17. The lowest BCUT2D eigenvalue weighted by Crippen LogP contribution is -2.14. The molecule has 0 bridgehead atoms. The van der Waals surface area contributed by atoms with E-state index in [2.05, 4.69) is 15.5 Å². The summed E-state index contributed by atoms with van der Waals surface area (Å²) < 4.78 is 34.0. The highest BCUT2D eigenvalue weighted by molar-refractivity contribution is 6.02. The number of nitrogens with zero attached hydrogens (tertiary/aromatic N) is 2. The van der Waals surface area contributed by atoms with Gasteiger partial charge in [0.1, 0.15) is 11.6 Å². The number of aromatic nitrogens is 2. The molecule has 0 unspecified atom stereocenters. The maximum atomic E-state index is 12.1. The Balaban J connectivity index is 2.03. The second-order valence-electron chi connectivity index (χ2n) is 4.79. The average molecular weight is 311 g/mol. The van der Waals surface area contributed by atoms with Gasteiger partial charge in [0.05, 0.1) is 0 Å². The summed E-state index contributed by atoms with van der Waals surface area (Å²) in [5.41, 5.74) is 0.115. The molecular formula is C14H15F2N3O3. The molecule has 0 spiro atoms. The molecule has 0 radical (unpaired) electrons. The molecular weight excluding hydrogens is 296 g/mol. The zero-order valence-electron chi connectivity index (χ0n) is 12.0. The molecule has 2 rings (SSSR count). The first-order chi connectivity index (χ1) is 10.5. The van der Waals surface area contributed by atoms with Crippen LogP contribution < -0.4 is 10.1 Å². The number of pyridine rings is 1. The van der Waals surface area contributed by atoms with Crippen LogP contribution >= 0.6 is 0 Å². The number of halogens is 2. The molecule has 2 aromatic rings. The Morgan fingerprint density at radius 1 is 1.41 bits per heavy atom. The van der Waals surface area contributed by atoms with E-state index in [1.54, 1.807) is 0 Å². The lowest BCUT2D eigenvalue weighted by molar-refractivity contribution is 0.0796. The van der Waals surface area contributed by atoms with Crippen LogP contribution in [0.25, 0.3) is 0 Å². The summed E-state index contributed by atoms with van der Waals surface area (Å²) in [6, 6.07) is 6.00. The van der Waals surface area contributed by atoms with Crippen LogP contribution in [0, 0.1) is 0 Å². The molecule has 0 atom stereocenters. The van der Waals surface area contributed by atoms with E-state index < -0.39 is 18.9 Å². The number of hydrogen-bond acceptors (Lipinski definition) is 5. The Bertz CT molecular complexity index is 644. The minimum atomic E-state index is -2.59. The number of carbonyl (C=O) groups is 1. The van der Waals surface area contributed by atoms with E-state index in [1.807, 2.05) is 13.8 Å². The predicted octanol–water partition coefficient (Wildman–Crippen LogP) is 3.09. The Morgan fingerprint density at radius 2 is 2.18 bits per heavy atom. The van der Waals surface area contributed by atoms with Crippen molar-refractivity contribution in [2.75, 3.05) is 11.9 Å². The smallest absolute Gasteiger partial charge is 0.279 e. The molecule has 0 saturated heterocycles. The van der Waals surface area contributed by atoms with E-state index in [0.29, 0.717) is 5.76 Å². The monoisotopic (exact) mass is 311 g/mol. The number of hydrogen-bond donors (Lipinski definition) is 1. The third-order valence-corrected chi connectivity index (χ3v) is 2.65. The lowest BCUT2D eigenvalue weighted by atomic mass is 10.1. The normalized spacial score (nSPS) is 11.0. The van der Waals surface area contributed by atoms with E-state index in [-0.39, 0.29) is 23.3 Å². The first-order valence-corrected chi connectivity index (χ1v) is 6.61. The summed E-state index contributed by atoms with van der Waals surface area (Å²) in [7, 11) is 0. The zero-order valence-corrected chi connectivity index (χ0v) is 12.0. The van der Waals surface area contributed by atoms with Crippen molar-refractivity contribution in [3.05, 3.63) is 35.7 Å². The Morgan fingerprint density at radius 3 is 2.82 bits per heavy atom. The SMILES string of the molecule is CC(C)c1cc(C(=O)Nc2cccc(OCC(F)F)n2)no1. The van der Waals surface area contributed by atoms with Crippen molar-refractivity contribution >= 4 is 11.7 Å². The molecule has 0 saturated carbocycles. The van der Waals surface area contributed by atoms with Crippen LogP contribution in [0.2, 0.25) is 0 Å². The van der Waals surface area contributed by atoms with Crippen LogP contribution in [0.1, 0.15) is 36.0 Å². The third kappa shape index (κ3) is 4.24. The fourth-order valence-corrected chi connectivity index (χ4v) is 1.56. The molecule has 1 amide bonds. The number of alkyl halides is 2. The first kappa shape index (κ1) is 15.9. The summed E-state index contributed by atoms with van der Waals surface area (Å²) in [6.45, 7) is 3.06. The standard InChI is InChI=1S/C14H15F2N3O3/c1-8(2)10-6-9(19-22-10)14(20)18-12-4-3-5-13(17-12)21-7-11(15)16/h3-6,8,11H,7H2,1-2H3,(H,17,18,20). The molecule has 22 heavy (non-hydrogen) atoms. The summed E-state index contributed by atoms with van der Waals surface area (Å²) in [6.07, 6.45) is -2.59.